The molecule has 1 saturated carbocycles. The Morgan fingerprint density at radius 3 is 2.11 bits per heavy atom. The van der Waals surface area contributed by atoms with E-state index in [0.29, 0.717) is 30.2 Å². The van der Waals surface area contributed by atoms with E-state index in [9.17, 15) is 4.79 Å². The summed E-state index contributed by atoms with van der Waals surface area (Å²) in [6.45, 7) is 12.3. The summed E-state index contributed by atoms with van der Waals surface area (Å²) in [5, 5.41) is 3.14. The van der Waals surface area contributed by atoms with Gasteiger partial charge in [-0.05, 0) is 36.5 Å². The first-order chi connectivity index (χ1) is 8.32. The zero-order valence-electron chi connectivity index (χ0n) is 12.6. The molecule has 3 heteroatoms. The van der Waals surface area contributed by atoms with Crippen molar-refractivity contribution in [1.82, 2.24) is 5.32 Å². The quantitative estimate of drug-likeness (QED) is 0.765. The predicted octanol–water partition coefficient (Wildman–Crippen LogP) is 2.41. The number of hydrogen-bond acceptors (Lipinski definition) is 2. The molecule has 0 saturated heterocycles. The molecule has 0 bridgehead atoms. The number of nitrogens with two attached hydrogens (primary N) is 1. The lowest BCUT2D eigenvalue weighted by atomic mass is 9.62. The second kappa shape index (κ2) is 6.05. The maximum atomic E-state index is 12.3. The molecule has 0 aliphatic heterocycles. The minimum absolute atomic E-state index is 0.175. The first-order valence-electron chi connectivity index (χ1n) is 7.30. The summed E-state index contributed by atoms with van der Waals surface area (Å²) >= 11 is 0. The Balaban J connectivity index is 2.50. The van der Waals surface area contributed by atoms with Crippen LogP contribution in [0.1, 0.15) is 47.5 Å². The van der Waals surface area contributed by atoms with E-state index in [0.717, 1.165) is 19.4 Å². The Kier molecular flexibility index (Phi) is 5.20. The summed E-state index contributed by atoms with van der Waals surface area (Å²) in [6.07, 6.45) is 1.90. The monoisotopic (exact) mass is 254 g/mol. The van der Waals surface area contributed by atoms with Gasteiger partial charge in [0.2, 0.25) is 5.91 Å². The molecule has 1 rings (SSSR count). The van der Waals surface area contributed by atoms with Crippen LogP contribution in [0.15, 0.2) is 0 Å². The van der Waals surface area contributed by atoms with Crippen molar-refractivity contribution in [2.75, 3.05) is 13.1 Å². The van der Waals surface area contributed by atoms with Crippen molar-refractivity contribution >= 4 is 5.91 Å². The smallest absolute Gasteiger partial charge is 0.227 e. The molecular formula is C15H30N2O. The highest BCUT2D eigenvalue weighted by atomic mass is 16.2. The number of nitrogens with one attached hydrogen (secondary N) is 1. The average molecular weight is 254 g/mol. The highest BCUT2D eigenvalue weighted by Gasteiger charge is 2.47. The van der Waals surface area contributed by atoms with Crippen LogP contribution in [-0.2, 0) is 4.79 Å². The fourth-order valence-electron chi connectivity index (χ4n) is 3.36. The Labute approximate surface area is 112 Å². The van der Waals surface area contributed by atoms with Crippen molar-refractivity contribution in [3.8, 4) is 0 Å². The summed E-state index contributed by atoms with van der Waals surface area (Å²) in [4.78, 5) is 12.3. The van der Waals surface area contributed by atoms with Gasteiger partial charge in [-0.15, -0.1) is 0 Å². The van der Waals surface area contributed by atoms with Gasteiger partial charge >= 0.3 is 0 Å². The maximum Gasteiger partial charge on any atom is 0.227 e. The zero-order chi connectivity index (χ0) is 13.9. The summed E-state index contributed by atoms with van der Waals surface area (Å²) in [5.41, 5.74) is 5.53. The van der Waals surface area contributed by atoms with Crippen molar-refractivity contribution in [3.63, 3.8) is 0 Å². The van der Waals surface area contributed by atoms with Crippen molar-refractivity contribution in [1.29, 1.82) is 0 Å². The topological polar surface area (TPSA) is 55.1 Å². The van der Waals surface area contributed by atoms with Crippen LogP contribution in [0, 0.1) is 29.1 Å². The van der Waals surface area contributed by atoms with Gasteiger partial charge in [-0.25, -0.2) is 0 Å². The van der Waals surface area contributed by atoms with E-state index in [2.05, 4.69) is 39.9 Å². The van der Waals surface area contributed by atoms with Crippen molar-refractivity contribution in [3.05, 3.63) is 0 Å². The Hall–Kier alpha value is -0.570. The van der Waals surface area contributed by atoms with E-state index < -0.39 is 0 Å². The van der Waals surface area contributed by atoms with Gasteiger partial charge in [0.1, 0.15) is 0 Å². The molecule has 0 atom stereocenters. The minimum Gasteiger partial charge on any atom is -0.355 e. The second-order valence-electron chi connectivity index (χ2n) is 6.86. The Morgan fingerprint density at radius 1 is 1.28 bits per heavy atom. The first-order valence-corrected chi connectivity index (χ1v) is 7.30. The Morgan fingerprint density at radius 2 is 1.78 bits per heavy atom. The summed E-state index contributed by atoms with van der Waals surface area (Å²) < 4.78 is 0. The lowest BCUT2D eigenvalue weighted by Crippen LogP contribution is -2.54. The van der Waals surface area contributed by atoms with Gasteiger partial charge in [0, 0.05) is 13.1 Å². The van der Waals surface area contributed by atoms with E-state index in [1.54, 1.807) is 0 Å². The minimum atomic E-state index is -0.266. The lowest BCUT2D eigenvalue weighted by molar-refractivity contribution is -0.138. The molecule has 0 spiro atoms. The summed E-state index contributed by atoms with van der Waals surface area (Å²) in [6, 6.07) is 0. The summed E-state index contributed by atoms with van der Waals surface area (Å²) in [5.74, 6) is 2.56. The third-order valence-electron chi connectivity index (χ3n) is 4.56. The SMILES string of the molecule is CC1CC(CN)(C(=O)NCC(C(C)C)C(C)C)C1. The largest absolute Gasteiger partial charge is 0.355 e. The molecule has 1 amide bonds. The van der Waals surface area contributed by atoms with Crippen molar-refractivity contribution in [2.24, 2.45) is 34.8 Å². The molecular weight excluding hydrogens is 224 g/mol. The molecule has 0 aromatic carbocycles. The maximum absolute atomic E-state index is 12.3. The molecule has 0 aromatic heterocycles. The van der Waals surface area contributed by atoms with Crippen molar-refractivity contribution < 1.29 is 4.79 Å². The van der Waals surface area contributed by atoms with E-state index in [1.807, 2.05) is 0 Å². The van der Waals surface area contributed by atoms with Gasteiger partial charge < -0.3 is 11.1 Å². The van der Waals surface area contributed by atoms with Gasteiger partial charge in [0.05, 0.1) is 5.41 Å². The van der Waals surface area contributed by atoms with Crippen LogP contribution in [0.4, 0.5) is 0 Å². The van der Waals surface area contributed by atoms with Crippen LogP contribution < -0.4 is 11.1 Å². The van der Waals surface area contributed by atoms with Gasteiger partial charge in [-0.1, -0.05) is 34.6 Å². The van der Waals surface area contributed by atoms with E-state index >= 15 is 0 Å². The van der Waals surface area contributed by atoms with E-state index in [4.69, 9.17) is 5.73 Å². The molecule has 106 valence electrons. The van der Waals surface area contributed by atoms with Crippen LogP contribution in [0.25, 0.3) is 0 Å². The highest BCUT2D eigenvalue weighted by molar-refractivity contribution is 5.83. The van der Waals surface area contributed by atoms with Crippen molar-refractivity contribution in [2.45, 2.75) is 47.5 Å². The van der Waals surface area contributed by atoms with Crippen LogP contribution in [-0.4, -0.2) is 19.0 Å². The molecule has 3 nitrogen and oxygen atoms in total. The molecule has 1 aliphatic carbocycles. The lowest BCUT2D eigenvalue weighted by Gasteiger charge is -2.44. The third kappa shape index (κ3) is 3.25. The molecule has 18 heavy (non-hydrogen) atoms. The van der Waals surface area contributed by atoms with E-state index in [-0.39, 0.29) is 11.3 Å². The van der Waals surface area contributed by atoms with Gasteiger partial charge in [0.25, 0.3) is 0 Å². The second-order valence-corrected chi connectivity index (χ2v) is 6.86. The molecule has 1 aliphatic rings. The number of carbonyl (C=O) groups is 1. The Bertz CT molecular complexity index is 272. The van der Waals surface area contributed by atoms with Crippen LogP contribution in [0.3, 0.4) is 0 Å². The molecule has 0 unspecified atom stereocenters. The zero-order valence-corrected chi connectivity index (χ0v) is 12.6. The number of hydrogen-bond donors (Lipinski definition) is 2. The molecule has 3 N–H and O–H groups in total. The van der Waals surface area contributed by atoms with Crippen LogP contribution in [0.5, 0.6) is 0 Å². The molecule has 0 heterocycles. The molecule has 1 fully saturated rings. The predicted molar refractivity (Wildman–Crippen MR) is 76.1 cm³/mol. The van der Waals surface area contributed by atoms with E-state index in [1.165, 1.54) is 0 Å². The normalized spacial score (nSPS) is 27.7. The number of rotatable bonds is 6. The van der Waals surface area contributed by atoms with Crippen LogP contribution >= 0.6 is 0 Å². The highest BCUT2D eigenvalue weighted by Crippen LogP contribution is 2.44. The average Bonchev–Trinajstić information content (AvgIpc) is 2.23. The van der Waals surface area contributed by atoms with Gasteiger partial charge in [0.15, 0.2) is 0 Å². The number of amides is 1. The fraction of sp³-hybridized carbons (Fsp3) is 0.933. The first kappa shape index (κ1) is 15.5. The van der Waals surface area contributed by atoms with Gasteiger partial charge in [-0.2, -0.15) is 0 Å². The standard InChI is InChI=1S/C15H30N2O/c1-10(2)13(11(3)4)8-17-14(18)15(9-16)6-12(5)7-15/h10-13H,6-9,16H2,1-5H3,(H,17,18). The van der Waals surface area contributed by atoms with Gasteiger partial charge in [-0.3, -0.25) is 4.79 Å². The van der Waals surface area contributed by atoms with Crippen LogP contribution in [0.2, 0.25) is 0 Å². The molecule has 0 aromatic rings. The summed E-state index contributed by atoms with van der Waals surface area (Å²) in [7, 11) is 0. The fourth-order valence-corrected chi connectivity index (χ4v) is 3.36. The number of carbonyl (C=O) groups excluding carboxylic acids is 1. The molecule has 0 radical (unpaired) electrons. The third-order valence-corrected chi connectivity index (χ3v) is 4.56.